The van der Waals surface area contributed by atoms with Crippen LogP contribution in [0, 0.1) is 6.92 Å². The lowest BCUT2D eigenvalue weighted by Crippen LogP contribution is -2.15. The van der Waals surface area contributed by atoms with Crippen LogP contribution in [0.1, 0.15) is 44.0 Å². The van der Waals surface area contributed by atoms with Crippen LogP contribution in [-0.2, 0) is 17.6 Å². The molecule has 0 saturated carbocycles. The lowest BCUT2D eigenvalue weighted by Gasteiger charge is -2.09. The Bertz CT molecular complexity index is 1020. The van der Waals surface area contributed by atoms with Crippen LogP contribution in [0.5, 0.6) is 0 Å². The van der Waals surface area contributed by atoms with Crippen LogP contribution in [0.25, 0.3) is 10.9 Å². The van der Waals surface area contributed by atoms with Crippen molar-refractivity contribution in [3.05, 3.63) is 76.5 Å². The molecule has 3 aromatic rings. The predicted molar refractivity (Wildman–Crippen MR) is 99.6 cm³/mol. The number of hydrogen-bond donors (Lipinski definition) is 0. The van der Waals surface area contributed by atoms with E-state index in [1.54, 1.807) is 6.07 Å². The number of para-hydroxylation sites is 1. The Balaban J connectivity index is 1.51. The molecule has 0 N–H and O–H groups in total. The lowest BCUT2D eigenvalue weighted by molar-refractivity contribution is 0.0476. The average Bonchev–Trinajstić information content (AvgIpc) is 3.12. The summed E-state index contributed by atoms with van der Waals surface area (Å²) in [6, 6.07) is 14.9. The van der Waals surface area contributed by atoms with Crippen molar-refractivity contribution in [2.75, 3.05) is 6.61 Å². The number of fused-ring (bicyclic) bond motifs is 2. The van der Waals surface area contributed by atoms with Gasteiger partial charge in [-0.3, -0.25) is 9.78 Å². The van der Waals surface area contributed by atoms with Crippen molar-refractivity contribution < 1.29 is 14.3 Å². The predicted octanol–water partition coefficient (Wildman–Crippen LogP) is 4.07. The highest BCUT2D eigenvalue weighted by Crippen LogP contribution is 2.23. The molecule has 4 rings (SSSR count). The van der Waals surface area contributed by atoms with E-state index in [1.807, 2.05) is 49.4 Å². The van der Waals surface area contributed by atoms with Crippen molar-refractivity contribution in [2.24, 2.45) is 0 Å². The van der Waals surface area contributed by atoms with Gasteiger partial charge in [0.25, 0.3) is 0 Å². The van der Waals surface area contributed by atoms with Crippen LogP contribution in [-0.4, -0.2) is 23.3 Å². The zero-order valence-electron chi connectivity index (χ0n) is 14.6. The first-order valence-electron chi connectivity index (χ1n) is 8.80. The number of aryl methyl sites for hydroxylation is 3. The smallest absolute Gasteiger partial charge is 0.339 e. The largest absolute Gasteiger partial charge is 0.454 e. The molecule has 1 heterocycles. The minimum absolute atomic E-state index is 0.178. The molecule has 4 heteroatoms. The van der Waals surface area contributed by atoms with Crippen molar-refractivity contribution in [1.29, 1.82) is 0 Å². The molecule has 0 saturated heterocycles. The summed E-state index contributed by atoms with van der Waals surface area (Å²) >= 11 is 0. The van der Waals surface area contributed by atoms with E-state index in [4.69, 9.17) is 4.74 Å². The standard InChI is InChI=1S/C22H19NO3/c1-14-11-19(18-7-2-3-8-20(18)23-14)22(25)26-13-21(24)17-10-9-15-5-4-6-16(15)12-17/h2-3,7-12H,4-6,13H2,1H3. The molecule has 1 aliphatic carbocycles. The number of pyridine rings is 1. The Labute approximate surface area is 151 Å². The van der Waals surface area contributed by atoms with Crippen LogP contribution in [0.3, 0.4) is 0 Å². The van der Waals surface area contributed by atoms with Gasteiger partial charge in [-0.05, 0) is 55.5 Å². The topological polar surface area (TPSA) is 56.3 Å². The van der Waals surface area contributed by atoms with Crippen molar-refractivity contribution in [2.45, 2.75) is 26.2 Å². The van der Waals surface area contributed by atoms with Gasteiger partial charge < -0.3 is 4.74 Å². The molecule has 0 amide bonds. The maximum atomic E-state index is 12.5. The highest BCUT2D eigenvalue weighted by Gasteiger charge is 2.17. The monoisotopic (exact) mass is 345 g/mol. The van der Waals surface area contributed by atoms with Gasteiger partial charge in [0.1, 0.15) is 0 Å². The summed E-state index contributed by atoms with van der Waals surface area (Å²) in [5.41, 5.74) is 5.07. The molecule has 130 valence electrons. The maximum absolute atomic E-state index is 12.5. The number of benzene rings is 2. The number of esters is 1. The molecular formula is C22H19NO3. The molecule has 2 aromatic carbocycles. The molecule has 26 heavy (non-hydrogen) atoms. The van der Waals surface area contributed by atoms with Crippen LogP contribution < -0.4 is 0 Å². The van der Waals surface area contributed by atoms with E-state index in [1.165, 1.54) is 11.1 Å². The zero-order valence-corrected chi connectivity index (χ0v) is 14.6. The summed E-state index contributed by atoms with van der Waals surface area (Å²) in [7, 11) is 0. The molecule has 0 atom stereocenters. The Morgan fingerprint density at radius 3 is 2.73 bits per heavy atom. The second-order valence-electron chi connectivity index (χ2n) is 6.66. The van der Waals surface area contributed by atoms with Gasteiger partial charge in [-0.15, -0.1) is 0 Å². The Morgan fingerprint density at radius 2 is 1.85 bits per heavy atom. The van der Waals surface area contributed by atoms with E-state index >= 15 is 0 Å². The molecule has 4 nitrogen and oxygen atoms in total. The highest BCUT2D eigenvalue weighted by molar-refractivity contribution is 6.05. The molecule has 0 fully saturated rings. The Hall–Kier alpha value is -3.01. The Morgan fingerprint density at radius 1 is 1.04 bits per heavy atom. The number of ketones is 1. The third-order valence-electron chi connectivity index (χ3n) is 4.82. The lowest BCUT2D eigenvalue weighted by atomic mass is 10.0. The molecule has 0 bridgehead atoms. The van der Waals surface area contributed by atoms with E-state index in [0.29, 0.717) is 11.1 Å². The van der Waals surface area contributed by atoms with Crippen molar-refractivity contribution in [3.63, 3.8) is 0 Å². The number of Topliss-reactive ketones (excluding diaryl/α,β-unsaturated/α-hetero) is 1. The van der Waals surface area contributed by atoms with Crippen LogP contribution in [0.15, 0.2) is 48.5 Å². The second-order valence-corrected chi connectivity index (χ2v) is 6.66. The first-order chi connectivity index (χ1) is 12.6. The highest BCUT2D eigenvalue weighted by atomic mass is 16.5. The summed E-state index contributed by atoms with van der Waals surface area (Å²) < 4.78 is 5.31. The van der Waals surface area contributed by atoms with Crippen molar-refractivity contribution in [3.8, 4) is 0 Å². The van der Waals surface area contributed by atoms with E-state index < -0.39 is 5.97 Å². The molecule has 0 radical (unpaired) electrons. The van der Waals surface area contributed by atoms with Gasteiger partial charge in [-0.25, -0.2) is 4.79 Å². The number of hydrogen-bond acceptors (Lipinski definition) is 4. The van der Waals surface area contributed by atoms with E-state index in [0.717, 1.165) is 35.9 Å². The summed E-state index contributed by atoms with van der Waals surface area (Å²) in [6.45, 7) is 1.58. The van der Waals surface area contributed by atoms with Gasteiger partial charge in [0.15, 0.2) is 12.4 Å². The number of carbonyl (C=O) groups excluding carboxylic acids is 2. The second kappa shape index (κ2) is 6.71. The van der Waals surface area contributed by atoms with E-state index in [9.17, 15) is 9.59 Å². The molecular weight excluding hydrogens is 326 g/mol. The number of rotatable bonds is 4. The number of nitrogens with zero attached hydrogens (tertiary/aromatic N) is 1. The van der Waals surface area contributed by atoms with Gasteiger partial charge >= 0.3 is 5.97 Å². The summed E-state index contributed by atoms with van der Waals surface area (Å²) in [5.74, 6) is -0.677. The van der Waals surface area contributed by atoms with E-state index in [-0.39, 0.29) is 12.4 Å². The fraction of sp³-hybridized carbons (Fsp3) is 0.227. The average molecular weight is 345 g/mol. The van der Waals surface area contributed by atoms with Crippen LogP contribution >= 0.6 is 0 Å². The number of carbonyl (C=O) groups is 2. The van der Waals surface area contributed by atoms with Gasteiger partial charge in [0.2, 0.25) is 0 Å². The maximum Gasteiger partial charge on any atom is 0.339 e. The Kier molecular flexibility index (Phi) is 4.25. The van der Waals surface area contributed by atoms with Crippen molar-refractivity contribution in [1.82, 2.24) is 4.98 Å². The summed E-state index contributed by atoms with van der Waals surface area (Å²) in [4.78, 5) is 29.4. The third kappa shape index (κ3) is 3.10. The van der Waals surface area contributed by atoms with Gasteiger partial charge in [-0.1, -0.05) is 30.3 Å². The van der Waals surface area contributed by atoms with Crippen LogP contribution in [0.4, 0.5) is 0 Å². The van der Waals surface area contributed by atoms with Crippen molar-refractivity contribution >= 4 is 22.7 Å². The van der Waals surface area contributed by atoms with E-state index in [2.05, 4.69) is 4.98 Å². The van der Waals surface area contributed by atoms with Gasteiger partial charge in [0.05, 0.1) is 11.1 Å². The molecule has 1 aromatic heterocycles. The summed E-state index contributed by atoms with van der Waals surface area (Å²) in [6.07, 6.45) is 3.22. The van der Waals surface area contributed by atoms with Crippen LogP contribution in [0.2, 0.25) is 0 Å². The van der Waals surface area contributed by atoms with Gasteiger partial charge in [0, 0.05) is 16.6 Å². The minimum atomic E-state index is -0.499. The fourth-order valence-corrected chi connectivity index (χ4v) is 3.51. The quantitative estimate of drug-likeness (QED) is 0.528. The SMILES string of the molecule is Cc1cc(C(=O)OCC(=O)c2ccc3c(c2)CCC3)c2ccccc2n1. The fourth-order valence-electron chi connectivity index (χ4n) is 3.51. The summed E-state index contributed by atoms with van der Waals surface area (Å²) in [5, 5.41) is 0.730. The normalized spacial score (nSPS) is 12.8. The van der Waals surface area contributed by atoms with Gasteiger partial charge in [-0.2, -0.15) is 0 Å². The first-order valence-corrected chi connectivity index (χ1v) is 8.80. The minimum Gasteiger partial charge on any atom is -0.454 e. The zero-order chi connectivity index (χ0) is 18.1. The third-order valence-corrected chi connectivity index (χ3v) is 4.82. The molecule has 1 aliphatic rings. The first kappa shape index (κ1) is 16.5. The molecule has 0 spiro atoms. The molecule has 0 aliphatic heterocycles. The molecule has 0 unspecified atom stereocenters. The number of ether oxygens (including phenoxy) is 1. The number of aromatic nitrogens is 1.